The van der Waals surface area contributed by atoms with Crippen molar-refractivity contribution in [3.63, 3.8) is 0 Å². The van der Waals surface area contributed by atoms with Crippen molar-refractivity contribution < 1.29 is 4.74 Å². The lowest BCUT2D eigenvalue weighted by atomic mass is 10.0. The fourth-order valence-electron chi connectivity index (χ4n) is 3.48. The molecule has 1 fully saturated rings. The molecule has 1 aliphatic heterocycles. The molecule has 3 heterocycles. The first kappa shape index (κ1) is 16.2. The van der Waals surface area contributed by atoms with Crippen LogP contribution in [0.25, 0.3) is 22.0 Å². The SMILES string of the molecule is Cc1cc(-c2cnn(C)c2)c2cc(CNC3CCOCC3)ccc2n1. The summed E-state index contributed by atoms with van der Waals surface area (Å²) in [7, 11) is 1.95. The smallest absolute Gasteiger partial charge is 0.0711 e. The number of aryl methyl sites for hydroxylation is 2. The van der Waals surface area contributed by atoms with Crippen LogP contribution >= 0.6 is 0 Å². The first-order chi connectivity index (χ1) is 12.2. The Hall–Kier alpha value is -2.24. The van der Waals surface area contributed by atoms with Crippen molar-refractivity contribution in [1.29, 1.82) is 0 Å². The molecule has 0 spiro atoms. The summed E-state index contributed by atoms with van der Waals surface area (Å²) in [5.74, 6) is 0. The average Bonchev–Trinajstić information content (AvgIpc) is 3.06. The van der Waals surface area contributed by atoms with E-state index in [4.69, 9.17) is 9.72 Å². The van der Waals surface area contributed by atoms with Crippen LogP contribution in [-0.4, -0.2) is 34.0 Å². The molecule has 5 heteroatoms. The minimum absolute atomic E-state index is 0.554. The number of aromatic nitrogens is 3. The number of benzene rings is 1. The first-order valence-corrected chi connectivity index (χ1v) is 8.89. The summed E-state index contributed by atoms with van der Waals surface area (Å²) in [5, 5.41) is 9.17. The molecule has 1 aromatic carbocycles. The van der Waals surface area contributed by atoms with E-state index < -0.39 is 0 Å². The van der Waals surface area contributed by atoms with Gasteiger partial charge in [-0.1, -0.05) is 6.07 Å². The van der Waals surface area contributed by atoms with Crippen molar-refractivity contribution in [3.05, 3.63) is 47.9 Å². The van der Waals surface area contributed by atoms with Crippen molar-refractivity contribution in [2.75, 3.05) is 13.2 Å². The fraction of sp³-hybridized carbons (Fsp3) is 0.400. The number of nitrogens with one attached hydrogen (secondary N) is 1. The summed E-state index contributed by atoms with van der Waals surface area (Å²) in [5.41, 5.74) is 5.68. The van der Waals surface area contributed by atoms with Gasteiger partial charge in [-0.05, 0) is 49.1 Å². The number of fused-ring (bicyclic) bond motifs is 1. The topological polar surface area (TPSA) is 52.0 Å². The lowest BCUT2D eigenvalue weighted by molar-refractivity contribution is 0.0776. The van der Waals surface area contributed by atoms with Crippen LogP contribution in [0.3, 0.4) is 0 Å². The number of nitrogens with zero attached hydrogens (tertiary/aromatic N) is 3. The molecule has 5 nitrogen and oxygen atoms in total. The molecule has 130 valence electrons. The Morgan fingerprint density at radius 3 is 2.84 bits per heavy atom. The van der Waals surface area contributed by atoms with Gasteiger partial charge in [-0.25, -0.2) is 0 Å². The molecule has 0 aliphatic carbocycles. The minimum atomic E-state index is 0.554. The quantitative estimate of drug-likeness (QED) is 0.795. The molecular weight excluding hydrogens is 312 g/mol. The van der Waals surface area contributed by atoms with E-state index in [-0.39, 0.29) is 0 Å². The van der Waals surface area contributed by atoms with E-state index in [0.717, 1.165) is 49.4 Å². The van der Waals surface area contributed by atoms with Gasteiger partial charge in [0.15, 0.2) is 0 Å². The third-order valence-electron chi connectivity index (χ3n) is 4.83. The van der Waals surface area contributed by atoms with Gasteiger partial charge in [-0.2, -0.15) is 5.10 Å². The van der Waals surface area contributed by atoms with Crippen LogP contribution in [-0.2, 0) is 18.3 Å². The highest BCUT2D eigenvalue weighted by molar-refractivity contribution is 5.94. The summed E-state index contributed by atoms with van der Waals surface area (Å²) < 4.78 is 7.27. The predicted octanol–water partition coefficient (Wildman–Crippen LogP) is 3.21. The Morgan fingerprint density at radius 2 is 2.08 bits per heavy atom. The number of rotatable bonds is 4. The summed E-state index contributed by atoms with van der Waals surface area (Å²) in [6, 6.07) is 9.27. The van der Waals surface area contributed by atoms with E-state index >= 15 is 0 Å². The van der Waals surface area contributed by atoms with Gasteiger partial charge in [0.2, 0.25) is 0 Å². The lowest BCUT2D eigenvalue weighted by Crippen LogP contribution is -2.34. The molecule has 1 saturated heterocycles. The third-order valence-corrected chi connectivity index (χ3v) is 4.83. The zero-order valence-corrected chi connectivity index (χ0v) is 14.8. The standard InChI is InChI=1S/C20H24N4O/c1-14-9-18(16-12-22-24(2)13-16)19-10-15(3-4-20(19)23-14)11-21-17-5-7-25-8-6-17/h3-4,9-10,12-13,17,21H,5-8,11H2,1-2H3. The largest absolute Gasteiger partial charge is 0.381 e. The van der Waals surface area contributed by atoms with E-state index in [9.17, 15) is 0 Å². The monoisotopic (exact) mass is 336 g/mol. The highest BCUT2D eigenvalue weighted by Crippen LogP contribution is 2.29. The summed E-state index contributed by atoms with van der Waals surface area (Å²) in [6.07, 6.45) is 6.16. The number of pyridine rings is 1. The lowest BCUT2D eigenvalue weighted by Gasteiger charge is -2.23. The molecule has 0 atom stereocenters. The summed E-state index contributed by atoms with van der Waals surface area (Å²) in [4.78, 5) is 4.70. The van der Waals surface area contributed by atoms with Crippen molar-refractivity contribution in [2.24, 2.45) is 7.05 Å². The maximum absolute atomic E-state index is 5.43. The van der Waals surface area contributed by atoms with Gasteiger partial charge in [0.25, 0.3) is 0 Å². The molecule has 0 saturated carbocycles. The molecular formula is C20H24N4O. The minimum Gasteiger partial charge on any atom is -0.381 e. The van der Waals surface area contributed by atoms with Gasteiger partial charge in [-0.15, -0.1) is 0 Å². The summed E-state index contributed by atoms with van der Waals surface area (Å²) >= 11 is 0. The second-order valence-corrected chi connectivity index (χ2v) is 6.83. The van der Waals surface area contributed by atoms with Crippen LogP contribution in [0.5, 0.6) is 0 Å². The number of hydrogen-bond acceptors (Lipinski definition) is 4. The maximum atomic E-state index is 5.43. The second kappa shape index (κ2) is 6.94. The van der Waals surface area contributed by atoms with Crippen molar-refractivity contribution in [1.82, 2.24) is 20.1 Å². The zero-order chi connectivity index (χ0) is 17.2. The fourth-order valence-corrected chi connectivity index (χ4v) is 3.48. The van der Waals surface area contributed by atoms with Gasteiger partial charge in [-0.3, -0.25) is 9.67 Å². The van der Waals surface area contributed by atoms with Gasteiger partial charge in [0.05, 0.1) is 11.7 Å². The number of hydrogen-bond donors (Lipinski definition) is 1. The van der Waals surface area contributed by atoms with E-state index in [0.29, 0.717) is 6.04 Å². The van der Waals surface area contributed by atoms with Crippen molar-refractivity contribution >= 4 is 10.9 Å². The second-order valence-electron chi connectivity index (χ2n) is 6.83. The average molecular weight is 336 g/mol. The molecule has 4 rings (SSSR count). The predicted molar refractivity (Wildman–Crippen MR) is 99.4 cm³/mol. The van der Waals surface area contributed by atoms with Crippen LogP contribution in [0.1, 0.15) is 24.1 Å². The molecule has 0 amide bonds. The Labute approximate surface area is 148 Å². The van der Waals surface area contributed by atoms with Gasteiger partial charge >= 0.3 is 0 Å². The Bertz CT molecular complexity index is 881. The maximum Gasteiger partial charge on any atom is 0.0711 e. The van der Waals surface area contributed by atoms with Gasteiger partial charge < -0.3 is 10.1 Å². The van der Waals surface area contributed by atoms with Crippen LogP contribution < -0.4 is 5.32 Å². The highest BCUT2D eigenvalue weighted by Gasteiger charge is 2.13. The zero-order valence-electron chi connectivity index (χ0n) is 14.8. The Morgan fingerprint density at radius 1 is 1.24 bits per heavy atom. The molecule has 0 unspecified atom stereocenters. The molecule has 1 aliphatic rings. The molecule has 3 aromatic rings. The van der Waals surface area contributed by atoms with Gasteiger partial charge in [0, 0.05) is 55.7 Å². The normalized spacial score (nSPS) is 15.8. The van der Waals surface area contributed by atoms with E-state index in [2.05, 4.69) is 40.9 Å². The number of ether oxygens (including phenoxy) is 1. The van der Waals surface area contributed by atoms with Gasteiger partial charge in [0.1, 0.15) is 0 Å². The summed E-state index contributed by atoms with van der Waals surface area (Å²) in [6.45, 7) is 4.65. The van der Waals surface area contributed by atoms with E-state index in [1.54, 1.807) is 0 Å². The molecule has 0 radical (unpaired) electrons. The highest BCUT2D eigenvalue weighted by atomic mass is 16.5. The van der Waals surface area contributed by atoms with Crippen molar-refractivity contribution in [2.45, 2.75) is 32.4 Å². The Balaban J connectivity index is 1.65. The van der Waals surface area contributed by atoms with Crippen LogP contribution in [0.15, 0.2) is 36.7 Å². The van der Waals surface area contributed by atoms with Crippen molar-refractivity contribution in [3.8, 4) is 11.1 Å². The van der Waals surface area contributed by atoms with Crippen LogP contribution in [0.2, 0.25) is 0 Å². The molecule has 25 heavy (non-hydrogen) atoms. The van der Waals surface area contributed by atoms with E-state index in [1.165, 1.54) is 16.5 Å². The molecule has 1 N–H and O–H groups in total. The van der Waals surface area contributed by atoms with Crippen LogP contribution in [0.4, 0.5) is 0 Å². The Kier molecular flexibility index (Phi) is 4.51. The van der Waals surface area contributed by atoms with E-state index in [1.807, 2.05) is 24.9 Å². The molecule has 0 bridgehead atoms. The first-order valence-electron chi connectivity index (χ1n) is 8.89. The van der Waals surface area contributed by atoms with Crippen LogP contribution in [0, 0.1) is 6.92 Å². The molecule has 2 aromatic heterocycles. The third kappa shape index (κ3) is 3.57.